The Morgan fingerprint density at radius 2 is 1.48 bits per heavy atom. The van der Waals surface area contributed by atoms with E-state index in [1.54, 1.807) is 13.8 Å². The molecule has 0 radical (unpaired) electrons. The van der Waals surface area contributed by atoms with Crippen LogP contribution in [-0.2, 0) is 28.8 Å². The molecule has 0 aromatic carbocycles. The fourth-order valence-electron chi connectivity index (χ4n) is 2.45. The van der Waals surface area contributed by atoms with Crippen LogP contribution < -0.4 is 27.4 Å². The summed E-state index contributed by atoms with van der Waals surface area (Å²) >= 11 is 0. The van der Waals surface area contributed by atoms with Gasteiger partial charge in [0.05, 0.1) is 12.5 Å². The number of hydrogen-bond donors (Lipinski definition) is 7. The standard InChI is InChI=1S/C18H31N5O8/c1-4-8(2)14(23-15(27)10(19)7-12(20)24)17(29)22-11(5-6-13(25)26)16(28)21-9(3)18(30)31/h8-11,14H,4-7,19H2,1-3H3,(H2,20,24)(H,21,28)(H,22,29)(H,23,27)(H,25,26)(H,30,31). The normalized spacial score (nSPS) is 15.5. The van der Waals surface area contributed by atoms with Gasteiger partial charge in [0.1, 0.15) is 18.1 Å². The summed E-state index contributed by atoms with van der Waals surface area (Å²) in [7, 11) is 0. The third kappa shape index (κ3) is 10.4. The maximum atomic E-state index is 12.8. The van der Waals surface area contributed by atoms with E-state index < -0.39 is 78.5 Å². The van der Waals surface area contributed by atoms with Gasteiger partial charge in [0.25, 0.3) is 0 Å². The number of carboxylic acid groups (broad SMARTS) is 2. The summed E-state index contributed by atoms with van der Waals surface area (Å²) in [6.07, 6.45) is -0.756. The van der Waals surface area contributed by atoms with E-state index in [1.165, 1.54) is 6.92 Å². The molecule has 176 valence electrons. The molecule has 0 aromatic rings. The lowest BCUT2D eigenvalue weighted by Crippen LogP contribution is -2.58. The number of amides is 4. The van der Waals surface area contributed by atoms with Crippen LogP contribution in [0.15, 0.2) is 0 Å². The molecule has 0 bridgehead atoms. The molecule has 0 saturated heterocycles. The van der Waals surface area contributed by atoms with Crippen molar-refractivity contribution >= 4 is 35.6 Å². The lowest BCUT2D eigenvalue weighted by Gasteiger charge is -2.27. The zero-order valence-corrected chi connectivity index (χ0v) is 17.7. The van der Waals surface area contributed by atoms with Gasteiger partial charge in [-0.3, -0.25) is 28.8 Å². The van der Waals surface area contributed by atoms with Crippen LogP contribution in [0.5, 0.6) is 0 Å². The van der Waals surface area contributed by atoms with E-state index >= 15 is 0 Å². The molecule has 5 unspecified atom stereocenters. The molecule has 4 amide bonds. The van der Waals surface area contributed by atoms with Gasteiger partial charge in [-0.05, 0) is 19.3 Å². The lowest BCUT2D eigenvalue weighted by atomic mass is 9.97. The van der Waals surface area contributed by atoms with E-state index in [0.29, 0.717) is 6.42 Å². The second-order valence-corrected chi connectivity index (χ2v) is 7.21. The van der Waals surface area contributed by atoms with Crippen molar-refractivity contribution in [1.82, 2.24) is 16.0 Å². The van der Waals surface area contributed by atoms with Gasteiger partial charge in [0.2, 0.25) is 23.6 Å². The van der Waals surface area contributed by atoms with Crippen LogP contribution in [0, 0.1) is 5.92 Å². The number of nitrogens with one attached hydrogen (secondary N) is 3. The van der Waals surface area contributed by atoms with Crippen LogP contribution in [0.3, 0.4) is 0 Å². The molecule has 0 rings (SSSR count). The van der Waals surface area contributed by atoms with Gasteiger partial charge in [-0.15, -0.1) is 0 Å². The van der Waals surface area contributed by atoms with Gasteiger partial charge in [-0.1, -0.05) is 20.3 Å². The highest BCUT2D eigenvalue weighted by molar-refractivity contribution is 5.95. The molecular formula is C18H31N5O8. The van der Waals surface area contributed by atoms with Crippen LogP contribution in [0.25, 0.3) is 0 Å². The van der Waals surface area contributed by atoms with E-state index in [0.717, 1.165) is 0 Å². The number of rotatable bonds is 14. The lowest BCUT2D eigenvalue weighted by molar-refractivity contribution is -0.142. The Kier molecular flexibility index (Phi) is 11.8. The summed E-state index contributed by atoms with van der Waals surface area (Å²) in [4.78, 5) is 70.2. The first-order valence-electron chi connectivity index (χ1n) is 9.69. The smallest absolute Gasteiger partial charge is 0.325 e. The molecule has 13 nitrogen and oxygen atoms in total. The second kappa shape index (κ2) is 13.2. The maximum absolute atomic E-state index is 12.8. The van der Waals surface area contributed by atoms with Crippen LogP contribution in [0.1, 0.15) is 46.5 Å². The molecule has 0 spiro atoms. The third-order valence-corrected chi connectivity index (χ3v) is 4.56. The predicted molar refractivity (Wildman–Crippen MR) is 107 cm³/mol. The van der Waals surface area contributed by atoms with Crippen LogP contribution in [0.2, 0.25) is 0 Å². The Balaban J connectivity index is 5.47. The second-order valence-electron chi connectivity index (χ2n) is 7.21. The summed E-state index contributed by atoms with van der Waals surface area (Å²) in [5, 5.41) is 24.8. The minimum atomic E-state index is -1.35. The van der Waals surface area contributed by atoms with Gasteiger partial charge >= 0.3 is 11.9 Å². The first kappa shape index (κ1) is 27.8. The van der Waals surface area contributed by atoms with Gasteiger partial charge in [0.15, 0.2) is 0 Å². The molecule has 0 aliphatic heterocycles. The highest BCUT2D eigenvalue weighted by Gasteiger charge is 2.32. The third-order valence-electron chi connectivity index (χ3n) is 4.56. The molecule has 9 N–H and O–H groups in total. The van der Waals surface area contributed by atoms with Crippen LogP contribution in [-0.4, -0.2) is 69.9 Å². The molecule has 5 atom stereocenters. The summed E-state index contributed by atoms with van der Waals surface area (Å²) in [5.41, 5.74) is 10.6. The summed E-state index contributed by atoms with van der Waals surface area (Å²) in [6, 6.07) is -5.05. The van der Waals surface area contributed by atoms with E-state index in [1.807, 2.05) is 0 Å². The summed E-state index contributed by atoms with van der Waals surface area (Å²) in [6.45, 7) is 4.62. The zero-order chi connectivity index (χ0) is 24.3. The van der Waals surface area contributed by atoms with Gasteiger partial charge in [-0.25, -0.2) is 0 Å². The van der Waals surface area contributed by atoms with Gasteiger partial charge in [-0.2, -0.15) is 0 Å². The molecule has 0 aliphatic rings. The molecule has 13 heteroatoms. The van der Waals surface area contributed by atoms with E-state index in [-0.39, 0.29) is 6.42 Å². The average Bonchev–Trinajstić information content (AvgIpc) is 2.67. The van der Waals surface area contributed by atoms with Crippen molar-refractivity contribution in [2.75, 3.05) is 0 Å². The van der Waals surface area contributed by atoms with Crippen molar-refractivity contribution in [1.29, 1.82) is 0 Å². The summed E-state index contributed by atoms with van der Waals surface area (Å²) in [5.74, 6) is -6.22. The minimum Gasteiger partial charge on any atom is -0.481 e. The maximum Gasteiger partial charge on any atom is 0.325 e. The average molecular weight is 445 g/mol. The first-order valence-corrected chi connectivity index (χ1v) is 9.69. The fraction of sp³-hybridized carbons (Fsp3) is 0.667. The number of carbonyl (C=O) groups excluding carboxylic acids is 4. The molecule has 0 heterocycles. The van der Waals surface area contributed by atoms with E-state index in [4.69, 9.17) is 21.7 Å². The van der Waals surface area contributed by atoms with Crippen molar-refractivity contribution in [2.45, 2.75) is 70.6 Å². The fourth-order valence-corrected chi connectivity index (χ4v) is 2.45. The molecule has 0 aromatic heterocycles. The largest absolute Gasteiger partial charge is 0.481 e. The highest BCUT2D eigenvalue weighted by Crippen LogP contribution is 2.10. The predicted octanol–water partition coefficient (Wildman–Crippen LogP) is -2.34. The van der Waals surface area contributed by atoms with Crippen molar-refractivity contribution in [3.63, 3.8) is 0 Å². The molecule has 0 fully saturated rings. The molecule has 0 saturated carbocycles. The Bertz CT molecular complexity index is 698. The SMILES string of the molecule is CCC(C)C(NC(=O)C(N)CC(N)=O)C(=O)NC(CCC(=O)O)C(=O)NC(C)C(=O)O. The van der Waals surface area contributed by atoms with E-state index in [2.05, 4.69) is 16.0 Å². The molecule has 31 heavy (non-hydrogen) atoms. The Morgan fingerprint density at radius 3 is 1.94 bits per heavy atom. The summed E-state index contributed by atoms with van der Waals surface area (Å²) < 4.78 is 0. The first-order chi connectivity index (χ1) is 14.3. The number of hydrogen-bond acceptors (Lipinski definition) is 7. The quantitative estimate of drug-likeness (QED) is 0.151. The number of carbonyl (C=O) groups is 6. The van der Waals surface area contributed by atoms with Crippen molar-refractivity contribution in [3.05, 3.63) is 0 Å². The van der Waals surface area contributed by atoms with Crippen LogP contribution >= 0.6 is 0 Å². The molecular weight excluding hydrogens is 414 g/mol. The van der Waals surface area contributed by atoms with Gasteiger partial charge in [0, 0.05) is 6.42 Å². The van der Waals surface area contributed by atoms with Crippen LogP contribution in [0.4, 0.5) is 0 Å². The van der Waals surface area contributed by atoms with E-state index in [9.17, 15) is 28.8 Å². The Hall–Kier alpha value is -3.22. The Morgan fingerprint density at radius 1 is 0.903 bits per heavy atom. The minimum absolute atomic E-state index is 0.304. The number of aliphatic carboxylic acids is 2. The monoisotopic (exact) mass is 445 g/mol. The van der Waals surface area contributed by atoms with Crippen molar-refractivity contribution in [2.24, 2.45) is 17.4 Å². The number of carboxylic acids is 2. The highest BCUT2D eigenvalue weighted by atomic mass is 16.4. The Labute approximate surface area is 179 Å². The van der Waals surface area contributed by atoms with Crippen molar-refractivity contribution in [3.8, 4) is 0 Å². The number of nitrogens with two attached hydrogens (primary N) is 2. The number of primary amides is 1. The topological polar surface area (TPSA) is 231 Å². The van der Waals surface area contributed by atoms with Gasteiger partial charge < -0.3 is 37.6 Å². The van der Waals surface area contributed by atoms with Crippen molar-refractivity contribution < 1.29 is 39.0 Å². The zero-order valence-electron chi connectivity index (χ0n) is 17.7. The molecule has 0 aliphatic carbocycles.